The van der Waals surface area contributed by atoms with Crippen LogP contribution in [0, 0.1) is 0 Å². The summed E-state index contributed by atoms with van der Waals surface area (Å²) in [4.78, 5) is 6.64. The number of hydrogen-bond acceptors (Lipinski definition) is 2. The van der Waals surface area contributed by atoms with Gasteiger partial charge in [0.05, 0.1) is 5.69 Å². The highest BCUT2D eigenvalue weighted by atomic mass is 32.1. The highest BCUT2D eigenvalue weighted by molar-refractivity contribution is 7.12. The average molecular weight is 296 g/mol. The molecule has 1 unspecified atom stereocenters. The molecular weight excluding hydrogens is 276 g/mol. The van der Waals surface area contributed by atoms with E-state index in [0.717, 1.165) is 19.3 Å². The molecule has 4 rings (SSSR count). The second-order valence-electron chi connectivity index (χ2n) is 6.09. The lowest BCUT2D eigenvalue weighted by atomic mass is 9.94. The molecule has 0 amide bonds. The zero-order chi connectivity index (χ0) is 14.4. The molecule has 3 N–H and O–H groups in total. The second kappa shape index (κ2) is 5.00. The molecule has 108 valence electrons. The summed E-state index contributed by atoms with van der Waals surface area (Å²) in [5.74, 6) is 0. The van der Waals surface area contributed by atoms with Crippen LogP contribution in [0.3, 0.4) is 0 Å². The van der Waals surface area contributed by atoms with Gasteiger partial charge in [-0.2, -0.15) is 0 Å². The van der Waals surface area contributed by atoms with E-state index in [4.69, 9.17) is 5.73 Å². The van der Waals surface area contributed by atoms with Gasteiger partial charge in [0.2, 0.25) is 0 Å². The Morgan fingerprint density at radius 1 is 1.29 bits per heavy atom. The third-order valence-electron chi connectivity index (χ3n) is 4.39. The third-order valence-corrected chi connectivity index (χ3v) is 5.65. The van der Waals surface area contributed by atoms with E-state index in [1.54, 1.807) is 0 Å². The summed E-state index contributed by atoms with van der Waals surface area (Å²) in [5, 5.41) is 1.39. The van der Waals surface area contributed by atoms with E-state index in [2.05, 4.69) is 42.2 Å². The second-order valence-corrected chi connectivity index (χ2v) is 7.31. The van der Waals surface area contributed by atoms with Gasteiger partial charge in [0, 0.05) is 32.3 Å². The Labute approximate surface area is 129 Å². The summed E-state index contributed by atoms with van der Waals surface area (Å²) in [6, 6.07) is 11.3. The number of thiophene rings is 1. The number of rotatable bonds is 3. The molecule has 1 aliphatic carbocycles. The van der Waals surface area contributed by atoms with Gasteiger partial charge >= 0.3 is 0 Å². The number of H-pyrrole nitrogens is 1. The molecule has 3 aromatic rings. The van der Waals surface area contributed by atoms with Crippen LogP contribution in [-0.4, -0.2) is 11.0 Å². The van der Waals surface area contributed by atoms with Crippen LogP contribution < -0.4 is 5.73 Å². The maximum Gasteiger partial charge on any atom is 0.0508 e. The number of hydrogen-bond donors (Lipinski definition) is 2. The predicted molar refractivity (Wildman–Crippen MR) is 91.0 cm³/mol. The summed E-state index contributed by atoms with van der Waals surface area (Å²) >= 11 is 1.98. The van der Waals surface area contributed by atoms with Crippen LogP contribution in [0.5, 0.6) is 0 Å². The first-order valence-electron chi connectivity index (χ1n) is 7.69. The standard InChI is InChI=1S/C18H20N2S/c1-11(19)6-7-12-10-15-17(21-12)9-8-14-13-4-2-3-5-16(13)20-18(14)15/h2-5,10-11,20H,6-9,19H2,1H3. The Hall–Kier alpha value is -1.58. The topological polar surface area (TPSA) is 41.8 Å². The molecule has 3 heteroatoms. The predicted octanol–water partition coefficient (Wildman–Crippen LogP) is 4.27. The van der Waals surface area contributed by atoms with Crippen LogP contribution in [0.15, 0.2) is 30.3 Å². The Morgan fingerprint density at radius 2 is 2.14 bits per heavy atom. The molecule has 0 spiro atoms. The van der Waals surface area contributed by atoms with E-state index in [1.165, 1.54) is 43.9 Å². The quantitative estimate of drug-likeness (QED) is 0.744. The minimum absolute atomic E-state index is 0.285. The molecule has 0 bridgehead atoms. The molecule has 1 atom stereocenters. The monoisotopic (exact) mass is 296 g/mol. The van der Waals surface area contributed by atoms with Crippen molar-refractivity contribution in [3.05, 3.63) is 45.6 Å². The number of fused-ring (bicyclic) bond motifs is 5. The van der Waals surface area contributed by atoms with Crippen molar-refractivity contribution < 1.29 is 0 Å². The van der Waals surface area contributed by atoms with Crippen LogP contribution in [0.2, 0.25) is 0 Å². The van der Waals surface area contributed by atoms with Crippen molar-refractivity contribution in [3.8, 4) is 11.3 Å². The number of aryl methyl sites for hydroxylation is 3. The van der Waals surface area contributed by atoms with Gasteiger partial charge in [0.1, 0.15) is 0 Å². The number of nitrogens with one attached hydrogen (secondary N) is 1. The summed E-state index contributed by atoms with van der Waals surface area (Å²) in [5.41, 5.74) is 11.4. The van der Waals surface area contributed by atoms with Crippen molar-refractivity contribution in [3.63, 3.8) is 0 Å². The summed E-state index contributed by atoms with van der Waals surface area (Å²) in [6.45, 7) is 2.09. The Morgan fingerprint density at radius 3 is 3.00 bits per heavy atom. The first-order chi connectivity index (χ1) is 10.2. The lowest BCUT2D eigenvalue weighted by Gasteiger charge is -2.11. The minimum Gasteiger partial charge on any atom is -0.354 e. The largest absolute Gasteiger partial charge is 0.354 e. The van der Waals surface area contributed by atoms with Gasteiger partial charge < -0.3 is 10.7 Å². The van der Waals surface area contributed by atoms with Crippen molar-refractivity contribution in [2.24, 2.45) is 5.73 Å². The Kier molecular flexibility index (Phi) is 3.12. The van der Waals surface area contributed by atoms with E-state index in [0.29, 0.717) is 0 Å². The molecular formula is C18H20N2S. The van der Waals surface area contributed by atoms with Crippen LogP contribution in [0.1, 0.15) is 28.7 Å². The smallest absolute Gasteiger partial charge is 0.0508 e. The zero-order valence-corrected chi connectivity index (χ0v) is 13.1. The van der Waals surface area contributed by atoms with Crippen molar-refractivity contribution >= 4 is 22.2 Å². The molecule has 0 aliphatic heterocycles. The first-order valence-corrected chi connectivity index (χ1v) is 8.51. The van der Waals surface area contributed by atoms with Crippen molar-refractivity contribution in [2.45, 2.75) is 38.6 Å². The summed E-state index contributed by atoms with van der Waals surface area (Å²) < 4.78 is 0. The fourth-order valence-electron chi connectivity index (χ4n) is 3.30. The number of aromatic amines is 1. The molecule has 1 aliphatic rings. The van der Waals surface area contributed by atoms with Gasteiger partial charge in [-0.15, -0.1) is 11.3 Å². The van der Waals surface area contributed by atoms with Gasteiger partial charge in [-0.1, -0.05) is 18.2 Å². The van der Waals surface area contributed by atoms with Crippen LogP contribution >= 0.6 is 11.3 Å². The highest BCUT2D eigenvalue weighted by Crippen LogP contribution is 2.41. The van der Waals surface area contributed by atoms with E-state index < -0.39 is 0 Å². The fourth-order valence-corrected chi connectivity index (χ4v) is 4.49. The lowest BCUT2D eigenvalue weighted by Crippen LogP contribution is -2.14. The normalized spacial score (nSPS) is 15.0. The van der Waals surface area contributed by atoms with Gasteiger partial charge in [-0.3, -0.25) is 0 Å². The van der Waals surface area contributed by atoms with Crippen LogP contribution in [-0.2, 0) is 19.3 Å². The van der Waals surface area contributed by atoms with Crippen molar-refractivity contribution in [1.29, 1.82) is 0 Å². The molecule has 0 fully saturated rings. The van der Waals surface area contributed by atoms with Gasteiger partial charge in [-0.05, 0) is 50.3 Å². The minimum atomic E-state index is 0.285. The molecule has 1 aromatic carbocycles. The van der Waals surface area contributed by atoms with E-state index >= 15 is 0 Å². The molecule has 0 radical (unpaired) electrons. The van der Waals surface area contributed by atoms with Crippen LogP contribution in [0.4, 0.5) is 0 Å². The Bertz CT molecular complexity index is 795. The molecule has 2 nitrogen and oxygen atoms in total. The Balaban J connectivity index is 1.77. The number of benzene rings is 1. The molecule has 2 heterocycles. The molecule has 0 saturated heterocycles. The van der Waals surface area contributed by atoms with Gasteiger partial charge in [0.25, 0.3) is 0 Å². The van der Waals surface area contributed by atoms with Crippen molar-refractivity contribution in [2.75, 3.05) is 0 Å². The molecule has 2 aromatic heterocycles. The van der Waals surface area contributed by atoms with Gasteiger partial charge in [-0.25, -0.2) is 0 Å². The van der Waals surface area contributed by atoms with E-state index in [-0.39, 0.29) is 6.04 Å². The summed E-state index contributed by atoms with van der Waals surface area (Å²) in [6.07, 6.45) is 4.50. The summed E-state index contributed by atoms with van der Waals surface area (Å²) in [7, 11) is 0. The van der Waals surface area contributed by atoms with Crippen LogP contribution in [0.25, 0.3) is 22.2 Å². The number of nitrogens with two attached hydrogens (primary N) is 1. The number of para-hydroxylation sites is 1. The highest BCUT2D eigenvalue weighted by Gasteiger charge is 2.22. The lowest BCUT2D eigenvalue weighted by molar-refractivity contribution is 0.670. The number of aromatic nitrogens is 1. The third kappa shape index (κ3) is 2.21. The SMILES string of the molecule is CC(N)CCc1cc2c(s1)CCc1c-2[nH]c2ccccc12. The average Bonchev–Trinajstić information content (AvgIpc) is 3.05. The van der Waals surface area contributed by atoms with Gasteiger partial charge in [0.15, 0.2) is 0 Å². The maximum atomic E-state index is 5.89. The van der Waals surface area contributed by atoms with Crippen molar-refractivity contribution in [1.82, 2.24) is 4.98 Å². The fraction of sp³-hybridized carbons (Fsp3) is 0.333. The first kappa shape index (κ1) is 13.1. The molecule has 21 heavy (non-hydrogen) atoms. The van der Waals surface area contributed by atoms with E-state index in [9.17, 15) is 0 Å². The van der Waals surface area contributed by atoms with E-state index in [1.807, 2.05) is 11.3 Å². The maximum absolute atomic E-state index is 5.89. The molecule has 0 saturated carbocycles. The zero-order valence-electron chi connectivity index (χ0n) is 12.3.